The Hall–Kier alpha value is -0.120. The lowest BCUT2D eigenvalue weighted by atomic mass is 10.0. The predicted octanol–water partition coefficient (Wildman–Crippen LogP) is 2.97. The molecule has 1 rings (SSSR count). The fourth-order valence-corrected chi connectivity index (χ4v) is 2.14. The van der Waals surface area contributed by atoms with E-state index in [1.807, 2.05) is 0 Å². The molecule has 1 atom stereocenters. The van der Waals surface area contributed by atoms with Gasteiger partial charge in [-0.2, -0.15) is 0 Å². The Kier molecular flexibility index (Phi) is 9.48. The first-order chi connectivity index (χ1) is 9.18. The third kappa shape index (κ3) is 11.4. The lowest BCUT2D eigenvalue weighted by molar-refractivity contribution is 0.0326. The van der Waals surface area contributed by atoms with Crippen molar-refractivity contribution in [3.05, 3.63) is 0 Å². The second-order valence-corrected chi connectivity index (χ2v) is 6.44. The quantitative estimate of drug-likeness (QED) is 0.506. The van der Waals surface area contributed by atoms with Crippen molar-refractivity contribution >= 4 is 0 Å². The van der Waals surface area contributed by atoms with E-state index in [-0.39, 0.29) is 6.10 Å². The smallest absolute Gasteiger partial charge is 0.0897 e. The molecule has 3 heteroatoms. The second kappa shape index (κ2) is 10.6. The topological polar surface area (TPSA) is 41.5 Å². The van der Waals surface area contributed by atoms with E-state index in [9.17, 15) is 5.11 Å². The predicted molar refractivity (Wildman–Crippen MR) is 80.3 cm³/mol. The number of aliphatic hydroxyl groups is 1. The van der Waals surface area contributed by atoms with E-state index >= 15 is 0 Å². The summed E-state index contributed by atoms with van der Waals surface area (Å²) >= 11 is 0. The molecule has 2 N–H and O–H groups in total. The van der Waals surface area contributed by atoms with E-state index in [2.05, 4.69) is 19.2 Å². The van der Waals surface area contributed by atoms with Gasteiger partial charge in [-0.1, -0.05) is 39.5 Å². The van der Waals surface area contributed by atoms with Crippen LogP contribution in [0.5, 0.6) is 0 Å². The SMILES string of the molecule is CC(C)CCCCCCNCC(O)COCC1CC1. The summed E-state index contributed by atoms with van der Waals surface area (Å²) in [4.78, 5) is 0. The first-order valence-electron chi connectivity index (χ1n) is 8.15. The molecule has 0 spiro atoms. The Bertz CT molecular complexity index is 205. The van der Waals surface area contributed by atoms with Crippen LogP contribution in [0.15, 0.2) is 0 Å². The zero-order chi connectivity index (χ0) is 13.9. The van der Waals surface area contributed by atoms with Gasteiger partial charge in [-0.3, -0.25) is 0 Å². The molecule has 0 aromatic heterocycles. The molecule has 0 radical (unpaired) electrons. The van der Waals surface area contributed by atoms with Gasteiger partial charge in [-0.15, -0.1) is 0 Å². The first-order valence-corrected chi connectivity index (χ1v) is 8.15. The van der Waals surface area contributed by atoms with Gasteiger partial charge >= 0.3 is 0 Å². The van der Waals surface area contributed by atoms with Crippen molar-refractivity contribution in [1.29, 1.82) is 0 Å². The van der Waals surface area contributed by atoms with Crippen molar-refractivity contribution in [2.75, 3.05) is 26.3 Å². The average Bonchev–Trinajstić information content (AvgIpc) is 3.16. The van der Waals surface area contributed by atoms with Gasteiger partial charge in [0.15, 0.2) is 0 Å². The summed E-state index contributed by atoms with van der Waals surface area (Å²) in [6, 6.07) is 0. The zero-order valence-electron chi connectivity index (χ0n) is 12.9. The number of ether oxygens (including phenoxy) is 1. The van der Waals surface area contributed by atoms with Crippen molar-refractivity contribution in [3.63, 3.8) is 0 Å². The fourth-order valence-electron chi connectivity index (χ4n) is 2.14. The lowest BCUT2D eigenvalue weighted by Gasteiger charge is -2.12. The van der Waals surface area contributed by atoms with Crippen LogP contribution in [-0.2, 0) is 4.74 Å². The molecule has 0 amide bonds. The van der Waals surface area contributed by atoms with Gasteiger partial charge < -0.3 is 15.2 Å². The number of aliphatic hydroxyl groups excluding tert-OH is 1. The summed E-state index contributed by atoms with van der Waals surface area (Å²) < 4.78 is 5.46. The summed E-state index contributed by atoms with van der Waals surface area (Å²) in [5.74, 6) is 1.62. The molecular weight excluding hydrogens is 238 g/mol. The molecule has 0 heterocycles. The van der Waals surface area contributed by atoms with Crippen molar-refractivity contribution in [2.45, 2.75) is 64.9 Å². The van der Waals surface area contributed by atoms with Crippen molar-refractivity contribution in [2.24, 2.45) is 11.8 Å². The summed E-state index contributed by atoms with van der Waals surface area (Å²) in [7, 11) is 0. The molecule has 1 saturated carbocycles. The summed E-state index contributed by atoms with van der Waals surface area (Å²) in [6.07, 6.45) is 8.84. The molecule has 19 heavy (non-hydrogen) atoms. The van der Waals surface area contributed by atoms with Crippen LogP contribution in [-0.4, -0.2) is 37.5 Å². The average molecular weight is 271 g/mol. The maximum absolute atomic E-state index is 9.70. The zero-order valence-corrected chi connectivity index (χ0v) is 12.9. The summed E-state index contributed by atoms with van der Waals surface area (Å²) in [6.45, 7) is 7.57. The van der Waals surface area contributed by atoms with Crippen LogP contribution >= 0.6 is 0 Å². The van der Waals surface area contributed by atoms with Crippen LogP contribution < -0.4 is 5.32 Å². The largest absolute Gasteiger partial charge is 0.389 e. The number of rotatable bonds is 13. The monoisotopic (exact) mass is 271 g/mol. The molecule has 0 bridgehead atoms. The minimum Gasteiger partial charge on any atom is -0.389 e. The van der Waals surface area contributed by atoms with Crippen molar-refractivity contribution in [3.8, 4) is 0 Å². The maximum Gasteiger partial charge on any atom is 0.0897 e. The minimum atomic E-state index is -0.348. The van der Waals surface area contributed by atoms with Gasteiger partial charge in [0.2, 0.25) is 0 Å². The second-order valence-electron chi connectivity index (χ2n) is 6.44. The highest BCUT2D eigenvalue weighted by Crippen LogP contribution is 2.28. The van der Waals surface area contributed by atoms with Crippen LogP contribution in [0.4, 0.5) is 0 Å². The third-order valence-electron chi connectivity index (χ3n) is 3.63. The van der Waals surface area contributed by atoms with Crippen LogP contribution in [0.3, 0.4) is 0 Å². The number of nitrogens with one attached hydrogen (secondary N) is 1. The molecule has 0 aromatic carbocycles. The molecule has 1 aliphatic rings. The van der Waals surface area contributed by atoms with Gasteiger partial charge in [0.05, 0.1) is 12.7 Å². The standard InChI is InChI=1S/C16H33NO2/c1-14(2)7-5-3-4-6-10-17-11-16(18)13-19-12-15-8-9-15/h14-18H,3-13H2,1-2H3. The fraction of sp³-hybridized carbons (Fsp3) is 1.00. The van der Waals surface area contributed by atoms with E-state index in [1.54, 1.807) is 0 Å². The first kappa shape index (κ1) is 16.9. The van der Waals surface area contributed by atoms with E-state index in [0.29, 0.717) is 13.2 Å². The van der Waals surface area contributed by atoms with Crippen molar-refractivity contribution in [1.82, 2.24) is 5.32 Å². The molecule has 0 aliphatic heterocycles. The van der Waals surface area contributed by atoms with Gasteiger partial charge in [-0.25, -0.2) is 0 Å². The van der Waals surface area contributed by atoms with E-state index in [1.165, 1.54) is 44.9 Å². The molecule has 1 fully saturated rings. The molecule has 114 valence electrons. The highest BCUT2D eigenvalue weighted by atomic mass is 16.5. The van der Waals surface area contributed by atoms with Crippen molar-refractivity contribution < 1.29 is 9.84 Å². The van der Waals surface area contributed by atoms with Crippen LogP contribution in [0, 0.1) is 11.8 Å². The van der Waals surface area contributed by atoms with E-state index in [0.717, 1.165) is 25.0 Å². The molecular formula is C16H33NO2. The molecule has 0 saturated heterocycles. The Labute approximate surface area is 119 Å². The number of hydrogen-bond acceptors (Lipinski definition) is 3. The molecule has 3 nitrogen and oxygen atoms in total. The molecule has 0 aromatic rings. The Morgan fingerprint density at radius 2 is 1.89 bits per heavy atom. The van der Waals surface area contributed by atoms with Gasteiger partial charge in [0.1, 0.15) is 0 Å². The normalized spacial score (nSPS) is 17.1. The Balaban J connectivity index is 1.74. The van der Waals surface area contributed by atoms with Gasteiger partial charge in [0, 0.05) is 13.2 Å². The molecule has 1 aliphatic carbocycles. The summed E-state index contributed by atoms with van der Waals surface area (Å²) in [5.41, 5.74) is 0. The van der Waals surface area contributed by atoms with Crippen LogP contribution in [0.1, 0.15) is 58.8 Å². The van der Waals surface area contributed by atoms with E-state index < -0.39 is 0 Å². The highest BCUT2D eigenvalue weighted by molar-refractivity contribution is 4.72. The maximum atomic E-state index is 9.70. The van der Waals surface area contributed by atoms with Crippen LogP contribution in [0.25, 0.3) is 0 Å². The van der Waals surface area contributed by atoms with E-state index in [4.69, 9.17) is 4.74 Å². The summed E-state index contributed by atoms with van der Waals surface area (Å²) in [5, 5.41) is 13.0. The Morgan fingerprint density at radius 3 is 2.58 bits per heavy atom. The number of hydrogen-bond donors (Lipinski definition) is 2. The third-order valence-corrected chi connectivity index (χ3v) is 3.63. The van der Waals surface area contributed by atoms with Crippen LogP contribution in [0.2, 0.25) is 0 Å². The highest BCUT2D eigenvalue weighted by Gasteiger charge is 2.21. The molecule has 1 unspecified atom stereocenters. The van der Waals surface area contributed by atoms with Gasteiger partial charge in [0.25, 0.3) is 0 Å². The Morgan fingerprint density at radius 1 is 1.16 bits per heavy atom. The number of unbranched alkanes of at least 4 members (excludes halogenated alkanes) is 3. The van der Waals surface area contributed by atoms with Gasteiger partial charge in [-0.05, 0) is 37.6 Å². The minimum absolute atomic E-state index is 0.348. The lowest BCUT2D eigenvalue weighted by Crippen LogP contribution is -2.31.